The molecular weight excluding hydrogens is 160 g/mol. The largest absolute Gasteiger partial charge is 0.616 e. The maximum Gasteiger partial charge on any atom is 0.392 e. The molecular formula is C7H8N2O3. The van der Waals surface area contributed by atoms with Crippen LogP contribution in [0.25, 0.3) is 0 Å². The number of hydrogen-bond acceptors (Lipinski definition) is 3. The van der Waals surface area contributed by atoms with E-state index in [1.165, 1.54) is 25.4 Å². The number of carbonyl (C=O) groups excluding carboxylic acids is 1. The van der Waals surface area contributed by atoms with Gasteiger partial charge in [0.05, 0.1) is 7.11 Å². The molecule has 0 saturated carbocycles. The zero-order valence-electron chi connectivity index (χ0n) is 6.48. The highest BCUT2D eigenvalue weighted by atomic mass is 16.5. The van der Waals surface area contributed by atoms with Crippen molar-refractivity contribution in [2.45, 2.75) is 0 Å². The SMILES string of the molecule is COc1c(C(N)=O)ccc[n+]1[O-]. The zero-order valence-corrected chi connectivity index (χ0v) is 6.48. The first-order chi connectivity index (χ1) is 5.66. The molecule has 1 rings (SSSR count). The summed E-state index contributed by atoms with van der Waals surface area (Å²) in [4.78, 5) is 10.7. The van der Waals surface area contributed by atoms with Crippen molar-refractivity contribution in [2.24, 2.45) is 5.73 Å². The average molecular weight is 168 g/mol. The van der Waals surface area contributed by atoms with Crippen molar-refractivity contribution < 1.29 is 14.3 Å². The van der Waals surface area contributed by atoms with E-state index in [-0.39, 0.29) is 11.4 Å². The number of rotatable bonds is 2. The Bertz CT molecular complexity index is 312. The van der Waals surface area contributed by atoms with Crippen LogP contribution < -0.4 is 15.2 Å². The summed E-state index contributed by atoms with van der Waals surface area (Å²) in [6.45, 7) is 0. The molecule has 0 atom stereocenters. The molecule has 0 aliphatic rings. The molecule has 0 spiro atoms. The van der Waals surface area contributed by atoms with Crippen LogP contribution in [0.2, 0.25) is 0 Å². The van der Waals surface area contributed by atoms with Crippen molar-refractivity contribution in [3.05, 3.63) is 29.1 Å². The minimum atomic E-state index is -0.683. The van der Waals surface area contributed by atoms with Crippen molar-refractivity contribution in [1.29, 1.82) is 0 Å². The molecule has 0 aliphatic heterocycles. The molecule has 2 N–H and O–H groups in total. The van der Waals surface area contributed by atoms with Crippen molar-refractivity contribution in [2.75, 3.05) is 7.11 Å². The van der Waals surface area contributed by atoms with Crippen LogP contribution in [0.1, 0.15) is 10.4 Å². The number of pyridine rings is 1. The third-order valence-corrected chi connectivity index (χ3v) is 1.37. The summed E-state index contributed by atoms with van der Waals surface area (Å²) in [5, 5.41) is 11.0. The van der Waals surface area contributed by atoms with E-state index in [0.29, 0.717) is 4.73 Å². The highest BCUT2D eigenvalue weighted by Crippen LogP contribution is 2.09. The lowest BCUT2D eigenvalue weighted by atomic mass is 10.2. The summed E-state index contributed by atoms with van der Waals surface area (Å²) >= 11 is 0. The second-order valence-electron chi connectivity index (χ2n) is 2.12. The normalized spacial score (nSPS) is 9.42. The topological polar surface area (TPSA) is 79.3 Å². The predicted octanol–water partition coefficient (Wildman–Crippen LogP) is -0.572. The first-order valence-electron chi connectivity index (χ1n) is 3.22. The molecule has 1 amide bonds. The van der Waals surface area contributed by atoms with Crippen molar-refractivity contribution in [3.8, 4) is 5.88 Å². The van der Waals surface area contributed by atoms with Gasteiger partial charge < -0.3 is 15.7 Å². The van der Waals surface area contributed by atoms with E-state index in [1.807, 2.05) is 0 Å². The molecule has 0 fully saturated rings. The Hall–Kier alpha value is -1.78. The summed E-state index contributed by atoms with van der Waals surface area (Å²) in [5.41, 5.74) is 5.07. The molecule has 0 saturated heterocycles. The Morgan fingerprint density at radius 1 is 1.75 bits per heavy atom. The van der Waals surface area contributed by atoms with E-state index in [0.717, 1.165) is 0 Å². The number of amides is 1. The van der Waals surface area contributed by atoms with Crippen LogP contribution in [0.4, 0.5) is 0 Å². The molecule has 0 bridgehead atoms. The molecule has 0 aliphatic carbocycles. The zero-order chi connectivity index (χ0) is 9.14. The quantitative estimate of drug-likeness (QED) is 0.474. The Morgan fingerprint density at radius 2 is 2.42 bits per heavy atom. The van der Waals surface area contributed by atoms with Gasteiger partial charge in [-0.2, -0.15) is 0 Å². The lowest BCUT2D eigenvalue weighted by Gasteiger charge is -2.04. The average Bonchev–Trinajstić information content (AvgIpc) is 2.03. The fourth-order valence-corrected chi connectivity index (χ4v) is 0.863. The number of carbonyl (C=O) groups is 1. The van der Waals surface area contributed by atoms with E-state index in [1.54, 1.807) is 0 Å². The third kappa shape index (κ3) is 1.29. The molecule has 1 aromatic rings. The molecule has 1 heterocycles. The van der Waals surface area contributed by atoms with Crippen LogP contribution in [0, 0.1) is 5.21 Å². The Balaban J connectivity index is 3.27. The number of aromatic nitrogens is 1. The fourth-order valence-electron chi connectivity index (χ4n) is 0.863. The molecule has 0 aromatic carbocycles. The van der Waals surface area contributed by atoms with E-state index in [4.69, 9.17) is 5.73 Å². The standard InChI is InChI=1S/C7H8N2O3/c1-12-7-5(6(8)10)3-2-4-9(7)11/h2-4H,1H3,(H2,8,10). The fraction of sp³-hybridized carbons (Fsp3) is 0.143. The first kappa shape index (κ1) is 8.32. The van der Waals surface area contributed by atoms with E-state index >= 15 is 0 Å². The van der Waals surface area contributed by atoms with Crippen LogP contribution in [0.3, 0.4) is 0 Å². The summed E-state index contributed by atoms with van der Waals surface area (Å²) in [7, 11) is 1.30. The molecule has 1 aromatic heterocycles. The second-order valence-corrected chi connectivity index (χ2v) is 2.12. The van der Waals surface area contributed by atoms with E-state index in [2.05, 4.69) is 4.74 Å². The smallest absolute Gasteiger partial charge is 0.392 e. The Kier molecular flexibility index (Phi) is 2.14. The number of primary amides is 1. The number of hydrogen-bond donors (Lipinski definition) is 1. The molecule has 0 radical (unpaired) electrons. The van der Waals surface area contributed by atoms with Gasteiger partial charge in [-0.05, 0) is 6.07 Å². The van der Waals surface area contributed by atoms with Gasteiger partial charge in [-0.3, -0.25) is 4.79 Å². The summed E-state index contributed by atoms with van der Waals surface area (Å²) < 4.78 is 5.13. The van der Waals surface area contributed by atoms with Crippen molar-refractivity contribution in [1.82, 2.24) is 0 Å². The lowest BCUT2D eigenvalue weighted by Crippen LogP contribution is -2.31. The third-order valence-electron chi connectivity index (χ3n) is 1.37. The van der Waals surface area contributed by atoms with Gasteiger partial charge in [0.2, 0.25) is 0 Å². The summed E-state index contributed by atoms with van der Waals surface area (Å²) in [5.74, 6) is -0.762. The van der Waals surface area contributed by atoms with Crippen molar-refractivity contribution >= 4 is 5.91 Å². The summed E-state index contributed by atoms with van der Waals surface area (Å²) in [6.07, 6.45) is 1.23. The molecule has 0 unspecified atom stereocenters. The van der Waals surface area contributed by atoms with Crippen LogP contribution >= 0.6 is 0 Å². The van der Waals surface area contributed by atoms with Gasteiger partial charge in [-0.1, -0.05) is 0 Å². The minimum Gasteiger partial charge on any atom is -0.616 e. The monoisotopic (exact) mass is 168 g/mol. The van der Waals surface area contributed by atoms with Crippen LogP contribution in [0.15, 0.2) is 18.3 Å². The lowest BCUT2D eigenvalue weighted by molar-refractivity contribution is -0.612. The van der Waals surface area contributed by atoms with Gasteiger partial charge in [0.25, 0.3) is 5.91 Å². The molecule has 5 nitrogen and oxygen atoms in total. The maximum absolute atomic E-state index is 11.0. The van der Waals surface area contributed by atoms with Gasteiger partial charge in [-0.15, -0.1) is 4.73 Å². The van der Waals surface area contributed by atoms with Gasteiger partial charge in [0, 0.05) is 6.07 Å². The number of nitrogens with zero attached hydrogens (tertiary/aromatic N) is 1. The van der Waals surface area contributed by atoms with Gasteiger partial charge in [0.1, 0.15) is 0 Å². The molecule has 5 heteroatoms. The van der Waals surface area contributed by atoms with Crippen molar-refractivity contribution in [3.63, 3.8) is 0 Å². The summed E-state index contributed by atoms with van der Waals surface area (Å²) in [6, 6.07) is 2.85. The highest BCUT2D eigenvalue weighted by Gasteiger charge is 2.16. The van der Waals surface area contributed by atoms with Gasteiger partial charge in [0.15, 0.2) is 11.8 Å². The number of methoxy groups -OCH3 is 1. The predicted molar refractivity (Wildman–Crippen MR) is 40.5 cm³/mol. The van der Waals surface area contributed by atoms with E-state index < -0.39 is 5.91 Å². The Morgan fingerprint density at radius 3 is 2.83 bits per heavy atom. The maximum atomic E-state index is 11.0. The number of nitrogens with two attached hydrogens (primary N) is 1. The van der Waals surface area contributed by atoms with Gasteiger partial charge >= 0.3 is 5.88 Å². The highest BCUT2D eigenvalue weighted by molar-refractivity contribution is 5.94. The van der Waals surface area contributed by atoms with Gasteiger partial charge in [-0.25, -0.2) is 0 Å². The first-order valence-corrected chi connectivity index (χ1v) is 3.22. The van der Waals surface area contributed by atoms with Crippen LogP contribution in [0.5, 0.6) is 5.88 Å². The van der Waals surface area contributed by atoms with E-state index in [9.17, 15) is 10.0 Å². The Labute approximate surface area is 69.0 Å². The van der Waals surface area contributed by atoms with Crippen LogP contribution in [-0.2, 0) is 0 Å². The van der Waals surface area contributed by atoms with Crippen LogP contribution in [-0.4, -0.2) is 13.0 Å². The second kappa shape index (κ2) is 3.08. The molecule has 64 valence electrons. The minimum absolute atomic E-state index is 0.0787. The molecule has 12 heavy (non-hydrogen) atoms. The number of ether oxygens (including phenoxy) is 1.